The summed E-state index contributed by atoms with van der Waals surface area (Å²) in [7, 11) is 0. The number of allylic oxidation sites excluding steroid dienone is 2. The smallest absolute Gasteiger partial charge is 0.123 e. The first kappa shape index (κ1) is 18.7. The van der Waals surface area contributed by atoms with Gasteiger partial charge in [0.2, 0.25) is 0 Å². The van der Waals surface area contributed by atoms with Gasteiger partial charge in [-0.1, -0.05) is 50.5 Å². The molecule has 2 aliphatic rings. The van der Waals surface area contributed by atoms with Crippen molar-refractivity contribution in [1.82, 2.24) is 0 Å². The summed E-state index contributed by atoms with van der Waals surface area (Å²) in [5, 5.41) is 0. The molecule has 0 saturated heterocycles. The summed E-state index contributed by atoms with van der Waals surface area (Å²) in [4.78, 5) is 0. The monoisotopic (exact) mass is 342 g/mol. The first-order chi connectivity index (χ1) is 12.2. The molecule has 0 heterocycles. The fraction of sp³-hybridized carbons (Fsp3) is 0.667. The Hall–Kier alpha value is -1.11. The molecule has 2 aliphatic carbocycles. The Morgan fingerprint density at radius 1 is 0.840 bits per heavy atom. The summed E-state index contributed by atoms with van der Waals surface area (Å²) < 4.78 is 13.1. The van der Waals surface area contributed by atoms with Gasteiger partial charge in [0.15, 0.2) is 0 Å². The van der Waals surface area contributed by atoms with Gasteiger partial charge in [-0.15, -0.1) is 0 Å². The molecule has 0 amide bonds. The van der Waals surface area contributed by atoms with Crippen molar-refractivity contribution >= 4 is 0 Å². The van der Waals surface area contributed by atoms with Crippen LogP contribution < -0.4 is 0 Å². The molecular formula is C24H35F. The fourth-order valence-corrected chi connectivity index (χ4v) is 4.86. The molecule has 0 spiro atoms. The minimum atomic E-state index is -0.121. The van der Waals surface area contributed by atoms with E-state index in [4.69, 9.17) is 0 Å². The van der Waals surface area contributed by atoms with Crippen LogP contribution in [-0.4, -0.2) is 0 Å². The molecule has 1 aromatic rings. The lowest BCUT2D eigenvalue weighted by atomic mass is 9.77. The molecule has 0 unspecified atom stereocenters. The highest BCUT2D eigenvalue weighted by molar-refractivity contribution is 5.21. The first-order valence-corrected chi connectivity index (χ1v) is 10.7. The van der Waals surface area contributed by atoms with Crippen molar-refractivity contribution in [2.75, 3.05) is 0 Å². The van der Waals surface area contributed by atoms with Crippen LogP contribution >= 0.6 is 0 Å². The highest BCUT2D eigenvalue weighted by Crippen LogP contribution is 2.37. The first-order valence-electron chi connectivity index (χ1n) is 10.7. The van der Waals surface area contributed by atoms with Gasteiger partial charge in [-0.2, -0.15) is 0 Å². The Bertz CT molecular complexity index is 514. The highest BCUT2D eigenvalue weighted by Gasteiger charge is 2.22. The third-order valence-corrected chi connectivity index (χ3v) is 6.63. The Balaban J connectivity index is 1.39. The molecule has 0 bridgehead atoms. The predicted octanol–water partition coefficient (Wildman–Crippen LogP) is 7.65. The Kier molecular flexibility index (Phi) is 7.13. The maximum Gasteiger partial charge on any atom is 0.123 e. The largest absolute Gasteiger partial charge is 0.207 e. The van der Waals surface area contributed by atoms with Gasteiger partial charge in [0.05, 0.1) is 0 Å². The molecule has 0 N–H and O–H groups in total. The Morgan fingerprint density at radius 2 is 1.40 bits per heavy atom. The van der Waals surface area contributed by atoms with Gasteiger partial charge in [0, 0.05) is 0 Å². The van der Waals surface area contributed by atoms with Gasteiger partial charge < -0.3 is 0 Å². The van der Waals surface area contributed by atoms with Crippen molar-refractivity contribution in [2.24, 2.45) is 17.8 Å². The van der Waals surface area contributed by atoms with Crippen LogP contribution in [0, 0.1) is 23.6 Å². The van der Waals surface area contributed by atoms with Crippen LogP contribution in [-0.2, 0) is 0 Å². The number of hydrogen-bond acceptors (Lipinski definition) is 0. The highest BCUT2D eigenvalue weighted by atomic mass is 19.1. The van der Waals surface area contributed by atoms with Gasteiger partial charge in [0.1, 0.15) is 5.82 Å². The molecule has 0 aliphatic heterocycles. The standard InChI is InChI=1S/C24H35F/c1-2-3-4-19-5-7-20(8-6-19)9-10-21-11-13-22(14-12-21)23-15-17-24(25)18-16-23/h9-10,15-22H,2-8,11-14H2,1H3. The van der Waals surface area contributed by atoms with Crippen molar-refractivity contribution in [3.63, 3.8) is 0 Å². The molecular weight excluding hydrogens is 307 g/mol. The van der Waals surface area contributed by atoms with Crippen molar-refractivity contribution in [3.8, 4) is 0 Å². The molecule has 1 heteroatoms. The summed E-state index contributed by atoms with van der Waals surface area (Å²) in [5.74, 6) is 3.14. The molecule has 0 radical (unpaired) electrons. The van der Waals surface area contributed by atoms with Crippen LogP contribution in [0.5, 0.6) is 0 Å². The number of unbranched alkanes of at least 4 members (excludes halogenated alkanes) is 1. The van der Waals surface area contributed by atoms with E-state index >= 15 is 0 Å². The topological polar surface area (TPSA) is 0 Å². The average Bonchev–Trinajstić information content (AvgIpc) is 2.67. The van der Waals surface area contributed by atoms with Crippen molar-refractivity contribution in [2.45, 2.75) is 83.5 Å². The van der Waals surface area contributed by atoms with E-state index in [2.05, 4.69) is 19.1 Å². The molecule has 0 atom stereocenters. The summed E-state index contributed by atoms with van der Waals surface area (Å²) in [6.45, 7) is 2.30. The van der Waals surface area contributed by atoms with Crippen molar-refractivity contribution in [1.29, 1.82) is 0 Å². The van der Waals surface area contributed by atoms with E-state index in [1.54, 1.807) is 12.1 Å². The second-order valence-corrected chi connectivity index (χ2v) is 8.47. The maximum atomic E-state index is 13.1. The van der Waals surface area contributed by atoms with E-state index < -0.39 is 0 Å². The lowest BCUT2D eigenvalue weighted by molar-refractivity contribution is 0.289. The van der Waals surface area contributed by atoms with Gasteiger partial charge in [0.25, 0.3) is 0 Å². The third-order valence-electron chi connectivity index (χ3n) is 6.63. The SMILES string of the molecule is CCCCC1CCC(C=CC2CCC(c3ccc(F)cc3)CC2)CC1. The average molecular weight is 343 g/mol. The zero-order chi connectivity index (χ0) is 17.5. The fourth-order valence-electron chi connectivity index (χ4n) is 4.86. The van der Waals surface area contributed by atoms with E-state index in [1.165, 1.54) is 76.2 Å². The minimum absolute atomic E-state index is 0.121. The normalized spacial score (nSPS) is 30.6. The second kappa shape index (κ2) is 9.55. The summed E-state index contributed by atoms with van der Waals surface area (Å²) in [6.07, 6.45) is 20.1. The zero-order valence-electron chi connectivity index (χ0n) is 15.9. The van der Waals surface area contributed by atoms with Crippen LogP contribution in [0.15, 0.2) is 36.4 Å². The summed E-state index contributed by atoms with van der Waals surface area (Å²) in [6, 6.07) is 7.18. The van der Waals surface area contributed by atoms with Gasteiger partial charge >= 0.3 is 0 Å². The summed E-state index contributed by atoms with van der Waals surface area (Å²) >= 11 is 0. The van der Waals surface area contributed by atoms with Crippen LogP contribution in [0.25, 0.3) is 0 Å². The van der Waals surface area contributed by atoms with Gasteiger partial charge in [-0.25, -0.2) is 4.39 Å². The number of benzene rings is 1. The van der Waals surface area contributed by atoms with E-state index in [1.807, 2.05) is 12.1 Å². The molecule has 25 heavy (non-hydrogen) atoms. The lowest BCUT2D eigenvalue weighted by Gasteiger charge is -2.29. The number of halogens is 1. The predicted molar refractivity (Wildman–Crippen MR) is 105 cm³/mol. The quantitative estimate of drug-likeness (QED) is 0.466. The van der Waals surface area contributed by atoms with E-state index in [0.717, 1.165) is 17.8 Å². The van der Waals surface area contributed by atoms with Gasteiger partial charge in [-0.3, -0.25) is 0 Å². The van der Waals surface area contributed by atoms with Crippen LogP contribution in [0.4, 0.5) is 4.39 Å². The van der Waals surface area contributed by atoms with Crippen molar-refractivity contribution in [3.05, 3.63) is 47.8 Å². The van der Waals surface area contributed by atoms with E-state index in [-0.39, 0.29) is 5.82 Å². The van der Waals surface area contributed by atoms with Crippen LogP contribution in [0.3, 0.4) is 0 Å². The number of hydrogen-bond donors (Lipinski definition) is 0. The molecule has 3 rings (SSSR count). The molecule has 0 aromatic heterocycles. The van der Waals surface area contributed by atoms with Crippen LogP contribution in [0.2, 0.25) is 0 Å². The lowest BCUT2D eigenvalue weighted by Crippen LogP contribution is -2.14. The molecule has 1 aromatic carbocycles. The molecule has 2 fully saturated rings. The molecule has 2 saturated carbocycles. The molecule has 138 valence electrons. The maximum absolute atomic E-state index is 13.1. The minimum Gasteiger partial charge on any atom is -0.207 e. The number of rotatable bonds is 6. The second-order valence-electron chi connectivity index (χ2n) is 8.47. The van der Waals surface area contributed by atoms with E-state index in [9.17, 15) is 4.39 Å². The third kappa shape index (κ3) is 5.69. The van der Waals surface area contributed by atoms with Crippen molar-refractivity contribution < 1.29 is 4.39 Å². The molecule has 0 nitrogen and oxygen atoms in total. The Labute approximate surface area is 153 Å². The van der Waals surface area contributed by atoms with E-state index in [0.29, 0.717) is 5.92 Å². The van der Waals surface area contributed by atoms with Gasteiger partial charge in [-0.05, 0) is 92.7 Å². The zero-order valence-corrected chi connectivity index (χ0v) is 15.9. The summed E-state index contributed by atoms with van der Waals surface area (Å²) in [5.41, 5.74) is 1.33. The van der Waals surface area contributed by atoms with Crippen LogP contribution in [0.1, 0.15) is 89.0 Å². The Morgan fingerprint density at radius 3 is 1.96 bits per heavy atom.